The fourth-order valence-electron chi connectivity index (χ4n) is 2.51. The van der Waals surface area contributed by atoms with Crippen molar-refractivity contribution in [3.8, 4) is 5.75 Å². The van der Waals surface area contributed by atoms with Crippen molar-refractivity contribution in [1.29, 1.82) is 0 Å². The highest BCUT2D eigenvalue weighted by atomic mass is 16.5. The summed E-state index contributed by atoms with van der Waals surface area (Å²) in [6, 6.07) is 6.66. The monoisotopic (exact) mass is 279 g/mol. The van der Waals surface area contributed by atoms with E-state index in [0.29, 0.717) is 18.3 Å². The highest BCUT2D eigenvalue weighted by Gasteiger charge is 2.25. The van der Waals surface area contributed by atoms with Crippen LogP contribution in [0.2, 0.25) is 0 Å². The summed E-state index contributed by atoms with van der Waals surface area (Å²) < 4.78 is 5.57. The van der Waals surface area contributed by atoms with Crippen LogP contribution in [0.25, 0.3) is 0 Å². The molecule has 1 saturated heterocycles. The predicted molar refractivity (Wildman–Crippen MR) is 75.1 cm³/mol. The molecule has 110 valence electrons. The molecule has 0 amide bonds. The molecule has 1 aliphatic heterocycles. The number of aliphatic hydroxyl groups excluding tert-OH is 1. The van der Waals surface area contributed by atoms with Crippen LogP contribution in [0.5, 0.6) is 5.75 Å². The van der Waals surface area contributed by atoms with E-state index in [1.54, 1.807) is 18.2 Å². The first kappa shape index (κ1) is 14.8. The Hall–Kier alpha value is -1.59. The maximum absolute atomic E-state index is 11.0. The number of aliphatic hydroxyl groups is 1. The summed E-state index contributed by atoms with van der Waals surface area (Å²) in [6.45, 7) is 4.86. The van der Waals surface area contributed by atoms with Crippen molar-refractivity contribution in [1.82, 2.24) is 4.90 Å². The Kier molecular flexibility index (Phi) is 4.98. The van der Waals surface area contributed by atoms with Crippen molar-refractivity contribution >= 4 is 5.97 Å². The molecule has 5 heteroatoms. The Balaban J connectivity index is 1.81. The molecular weight excluding hydrogens is 258 g/mol. The minimum absolute atomic E-state index is 0.191. The molecule has 1 aromatic carbocycles. The Morgan fingerprint density at radius 2 is 2.25 bits per heavy atom. The predicted octanol–water partition coefficient (Wildman–Crippen LogP) is 1.47. The van der Waals surface area contributed by atoms with Crippen LogP contribution in [0.1, 0.15) is 23.7 Å². The molecule has 0 aromatic heterocycles. The lowest BCUT2D eigenvalue weighted by molar-refractivity contribution is 0.0691. The van der Waals surface area contributed by atoms with Gasteiger partial charge in [0, 0.05) is 13.1 Å². The van der Waals surface area contributed by atoms with Gasteiger partial charge in [-0.05, 0) is 37.9 Å². The van der Waals surface area contributed by atoms with Gasteiger partial charge in [0.15, 0.2) is 0 Å². The summed E-state index contributed by atoms with van der Waals surface area (Å²) >= 11 is 0. The van der Waals surface area contributed by atoms with E-state index in [-0.39, 0.29) is 11.7 Å². The lowest BCUT2D eigenvalue weighted by Gasteiger charge is -2.18. The van der Waals surface area contributed by atoms with Crippen molar-refractivity contribution in [2.75, 3.05) is 26.2 Å². The highest BCUT2D eigenvalue weighted by Crippen LogP contribution is 2.20. The first-order valence-corrected chi connectivity index (χ1v) is 6.93. The van der Waals surface area contributed by atoms with Crippen LogP contribution < -0.4 is 4.74 Å². The summed E-state index contributed by atoms with van der Waals surface area (Å²) in [5.74, 6) is -0.233. The molecule has 1 heterocycles. The van der Waals surface area contributed by atoms with Gasteiger partial charge in [0.1, 0.15) is 17.9 Å². The van der Waals surface area contributed by atoms with Gasteiger partial charge in [-0.1, -0.05) is 12.1 Å². The van der Waals surface area contributed by atoms with E-state index in [2.05, 4.69) is 4.90 Å². The van der Waals surface area contributed by atoms with E-state index in [9.17, 15) is 9.90 Å². The molecule has 0 saturated carbocycles. The molecule has 2 rings (SSSR count). The summed E-state index contributed by atoms with van der Waals surface area (Å²) in [6.07, 6.45) is 0.734. The van der Waals surface area contributed by atoms with Crippen molar-refractivity contribution in [2.45, 2.75) is 19.4 Å². The van der Waals surface area contributed by atoms with Gasteiger partial charge in [0.05, 0.1) is 6.10 Å². The molecule has 0 spiro atoms. The number of para-hydroxylation sites is 1. The van der Waals surface area contributed by atoms with Crippen LogP contribution in [-0.4, -0.2) is 53.4 Å². The molecule has 5 nitrogen and oxygen atoms in total. The number of hydrogen-bond acceptors (Lipinski definition) is 4. The number of carboxylic acid groups (broad SMARTS) is 1. The van der Waals surface area contributed by atoms with Crippen LogP contribution in [-0.2, 0) is 0 Å². The van der Waals surface area contributed by atoms with Gasteiger partial charge in [-0.3, -0.25) is 4.90 Å². The van der Waals surface area contributed by atoms with E-state index < -0.39 is 5.97 Å². The van der Waals surface area contributed by atoms with Crippen LogP contribution in [0, 0.1) is 5.92 Å². The second-order valence-electron chi connectivity index (χ2n) is 5.24. The highest BCUT2D eigenvalue weighted by molar-refractivity contribution is 5.90. The van der Waals surface area contributed by atoms with Crippen molar-refractivity contribution < 1.29 is 19.7 Å². The van der Waals surface area contributed by atoms with Gasteiger partial charge in [0.25, 0.3) is 0 Å². The van der Waals surface area contributed by atoms with Gasteiger partial charge in [-0.25, -0.2) is 4.79 Å². The number of ether oxygens (including phenoxy) is 1. The zero-order chi connectivity index (χ0) is 14.5. The van der Waals surface area contributed by atoms with E-state index in [1.165, 1.54) is 6.07 Å². The topological polar surface area (TPSA) is 70.0 Å². The standard InChI is InChI=1S/C15H21NO4/c1-11(17)12-6-7-16(10-12)8-9-20-14-5-3-2-4-13(14)15(18)19/h2-5,11-12,17H,6-10H2,1H3,(H,18,19). The number of aromatic carboxylic acids is 1. The summed E-state index contributed by atoms with van der Waals surface area (Å²) in [5.41, 5.74) is 0.191. The SMILES string of the molecule is CC(O)C1CCN(CCOc2ccccc2C(=O)O)C1. The number of carboxylic acids is 1. The molecule has 2 unspecified atom stereocenters. The number of likely N-dealkylation sites (tertiary alicyclic amines) is 1. The zero-order valence-electron chi connectivity index (χ0n) is 11.7. The van der Waals surface area contributed by atoms with Crippen LogP contribution in [0.4, 0.5) is 0 Å². The Morgan fingerprint density at radius 1 is 1.50 bits per heavy atom. The van der Waals surface area contributed by atoms with E-state index >= 15 is 0 Å². The molecule has 0 bridgehead atoms. The fraction of sp³-hybridized carbons (Fsp3) is 0.533. The quantitative estimate of drug-likeness (QED) is 0.825. The van der Waals surface area contributed by atoms with Crippen LogP contribution in [0.3, 0.4) is 0 Å². The maximum atomic E-state index is 11.0. The second-order valence-corrected chi connectivity index (χ2v) is 5.24. The van der Waals surface area contributed by atoms with Gasteiger partial charge in [-0.2, -0.15) is 0 Å². The smallest absolute Gasteiger partial charge is 0.339 e. The normalized spacial score (nSPS) is 20.8. The minimum Gasteiger partial charge on any atom is -0.491 e. The van der Waals surface area contributed by atoms with Crippen molar-refractivity contribution in [3.63, 3.8) is 0 Å². The summed E-state index contributed by atoms with van der Waals surface area (Å²) in [7, 11) is 0. The summed E-state index contributed by atoms with van der Waals surface area (Å²) in [5, 5.41) is 18.6. The van der Waals surface area contributed by atoms with E-state index in [0.717, 1.165) is 26.1 Å². The van der Waals surface area contributed by atoms with Crippen molar-refractivity contribution in [3.05, 3.63) is 29.8 Å². The fourth-order valence-corrected chi connectivity index (χ4v) is 2.51. The molecule has 1 aromatic rings. The molecule has 0 radical (unpaired) electrons. The second kappa shape index (κ2) is 6.72. The molecule has 1 fully saturated rings. The van der Waals surface area contributed by atoms with Gasteiger partial charge < -0.3 is 14.9 Å². The third-order valence-electron chi connectivity index (χ3n) is 3.77. The molecule has 2 N–H and O–H groups in total. The van der Waals surface area contributed by atoms with Gasteiger partial charge >= 0.3 is 5.97 Å². The maximum Gasteiger partial charge on any atom is 0.339 e. The lowest BCUT2D eigenvalue weighted by Crippen LogP contribution is -2.28. The molecule has 1 aliphatic rings. The summed E-state index contributed by atoms with van der Waals surface area (Å²) in [4.78, 5) is 13.3. The number of hydrogen-bond donors (Lipinski definition) is 2. The molecular formula is C15H21NO4. The van der Waals surface area contributed by atoms with Gasteiger partial charge in [0.2, 0.25) is 0 Å². The largest absolute Gasteiger partial charge is 0.491 e. The first-order valence-electron chi connectivity index (χ1n) is 6.93. The number of carbonyl (C=O) groups is 1. The van der Waals surface area contributed by atoms with E-state index in [1.807, 2.05) is 6.92 Å². The minimum atomic E-state index is -0.976. The van der Waals surface area contributed by atoms with Crippen molar-refractivity contribution in [2.24, 2.45) is 5.92 Å². The third kappa shape index (κ3) is 3.71. The lowest BCUT2D eigenvalue weighted by atomic mass is 10.0. The number of rotatable bonds is 6. The third-order valence-corrected chi connectivity index (χ3v) is 3.77. The molecule has 0 aliphatic carbocycles. The average Bonchev–Trinajstić information content (AvgIpc) is 2.88. The number of nitrogens with zero attached hydrogens (tertiary/aromatic N) is 1. The molecule has 20 heavy (non-hydrogen) atoms. The Bertz CT molecular complexity index is 461. The van der Waals surface area contributed by atoms with Crippen LogP contribution in [0.15, 0.2) is 24.3 Å². The zero-order valence-corrected chi connectivity index (χ0v) is 11.7. The van der Waals surface area contributed by atoms with Crippen LogP contribution >= 0.6 is 0 Å². The number of benzene rings is 1. The van der Waals surface area contributed by atoms with E-state index in [4.69, 9.17) is 9.84 Å². The Labute approximate surface area is 118 Å². The average molecular weight is 279 g/mol. The first-order chi connectivity index (χ1) is 9.58. The molecule has 2 atom stereocenters. The van der Waals surface area contributed by atoms with Gasteiger partial charge in [-0.15, -0.1) is 0 Å². The Morgan fingerprint density at radius 3 is 2.90 bits per heavy atom.